The molecule has 1 nitrogen and oxygen atoms in total. The van der Waals surface area contributed by atoms with Gasteiger partial charge in [0.1, 0.15) is 0 Å². The Kier molecular flexibility index (Phi) is 3.08. The Morgan fingerprint density at radius 1 is 1.25 bits per heavy atom. The molecule has 1 aliphatic heterocycles. The predicted octanol–water partition coefficient (Wildman–Crippen LogP) is 2.65. The van der Waals surface area contributed by atoms with Crippen LogP contribution in [0.5, 0.6) is 0 Å². The number of halogens is 1. The molecule has 1 aliphatic carbocycles. The van der Waals surface area contributed by atoms with Crippen LogP contribution in [0, 0.1) is 5.92 Å². The van der Waals surface area contributed by atoms with Crippen LogP contribution in [0.25, 0.3) is 0 Å². The number of hydrogen-bond donors (Lipinski definition) is 0. The lowest BCUT2D eigenvalue weighted by atomic mass is 10.1. The molecule has 2 unspecified atom stereocenters. The fourth-order valence-corrected chi connectivity index (χ4v) is 3.11. The summed E-state index contributed by atoms with van der Waals surface area (Å²) in [4.78, 5) is 2.72. The predicted molar refractivity (Wildman–Crippen MR) is 55.7 cm³/mol. The van der Waals surface area contributed by atoms with Gasteiger partial charge in [0.25, 0.3) is 0 Å². The lowest BCUT2D eigenvalue weighted by Gasteiger charge is -2.26. The number of unbranched alkanes of at least 4 members (excludes halogenated alkanes) is 1. The van der Waals surface area contributed by atoms with E-state index < -0.39 is 0 Å². The molecule has 12 heavy (non-hydrogen) atoms. The number of fused-ring (bicyclic) bond motifs is 2. The van der Waals surface area contributed by atoms with E-state index in [-0.39, 0.29) is 0 Å². The molecular weight excluding hydrogens is 214 g/mol. The van der Waals surface area contributed by atoms with Crippen LogP contribution < -0.4 is 0 Å². The molecule has 0 radical (unpaired) electrons. The Morgan fingerprint density at radius 3 is 2.75 bits per heavy atom. The first kappa shape index (κ1) is 9.01. The van der Waals surface area contributed by atoms with Crippen LogP contribution >= 0.6 is 15.9 Å². The highest BCUT2D eigenvalue weighted by atomic mass is 79.9. The second-order valence-corrected chi connectivity index (χ2v) is 5.02. The molecule has 0 aromatic carbocycles. The zero-order chi connectivity index (χ0) is 8.39. The van der Waals surface area contributed by atoms with Gasteiger partial charge in [0, 0.05) is 17.9 Å². The minimum Gasteiger partial charge on any atom is -0.300 e. The van der Waals surface area contributed by atoms with Gasteiger partial charge in [-0.15, -0.1) is 0 Å². The molecule has 0 spiro atoms. The van der Waals surface area contributed by atoms with E-state index >= 15 is 0 Å². The molecule has 70 valence electrons. The third-order valence-electron chi connectivity index (χ3n) is 3.35. The fraction of sp³-hybridized carbons (Fsp3) is 1.00. The van der Waals surface area contributed by atoms with E-state index in [1.807, 2.05) is 0 Å². The van der Waals surface area contributed by atoms with Crippen molar-refractivity contribution in [1.29, 1.82) is 0 Å². The van der Waals surface area contributed by atoms with E-state index in [1.54, 1.807) is 0 Å². The van der Waals surface area contributed by atoms with Crippen LogP contribution in [0.4, 0.5) is 0 Å². The van der Waals surface area contributed by atoms with E-state index in [4.69, 9.17) is 0 Å². The molecule has 1 heterocycles. The standard InChI is InChI=1S/C10H18BrN/c11-5-1-2-6-12-8-9-3-4-10(12)7-9/h9-10H,1-8H2. The van der Waals surface area contributed by atoms with E-state index in [1.165, 1.54) is 50.5 Å². The molecule has 1 saturated heterocycles. The monoisotopic (exact) mass is 231 g/mol. The first-order valence-corrected chi connectivity index (χ1v) is 6.32. The summed E-state index contributed by atoms with van der Waals surface area (Å²) in [5.74, 6) is 1.07. The van der Waals surface area contributed by atoms with Gasteiger partial charge in [-0.1, -0.05) is 15.9 Å². The number of likely N-dealkylation sites (tertiary alicyclic amines) is 1. The van der Waals surface area contributed by atoms with E-state index in [0.29, 0.717) is 0 Å². The van der Waals surface area contributed by atoms with Crippen LogP contribution in [0.2, 0.25) is 0 Å². The molecule has 0 N–H and O–H groups in total. The van der Waals surface area contributed by atoms with Gasteiger partial charge in [-0.2, -0.15) is 0 Å². The number of alkyl halides is 1. The first-order valence-electron chi connectivity index (χ1n) is 5.20. The third-order valence-corrected chi connectivity index (χ3v) is 3.91. The summed E-state index contributed by atoms with van der Waals surface area (Å²) in [7, 11) is 0. The number of piperidine rings is 1. The summed E-state index contributed by atoms with van der Waals surface area (Å²) in [6, 6.07) is 0.977. The minimum absolute atomic E-state index is 0.977. The Bertz CT molecular complexity index is 149. The van der Waals surface area contributed by atoms with Crippen molar-refractivity contribution < 1.29 is 0 Å². The summed E-state index contributed by atoms with van der Waals surface area (Å²) in [5, 5.41) is 1.18. The largest absolute Gasteiger partial charge is 0.300 e. The Hall–Kier alpha value is 0.440. The molecule has 0 aromatic heterocycles. The number of rotatable bonds is 4. The average Bonchev–Trinajstić information content (AvgIpc) is 2.65. The molecule has 2 bridgehead atoms. The summed E-state index contributed by atoms with van der Waals surface area (Å²) >= 11 is 3.48. The molecule has 0 amide bonds. The van der Waals surface area contributed by atoms with Crippen LogP contribution in [-0.4, -0.2) is 29.4 Å². The smallest absolute Gasteiger partial charge is 0.00985 e. The van der Waals surface area contributed by atoms with Gasteiger partial charge in [-0.25, -0.2) is 0 Å². The number of nitrogens with zero attached hydrogens (tertiary/aromatic N) is 1. The van der Waals surface area contributed by atoms with Crippen LogP contribution in [-0.2, 0) is 0 Å². The highest BCUT2D eigenvalue weighted by Gasteiger charge is 2.36. The molecule has 2 rings (SSSR count). The zero-order valence-corrected chi connectivity index (χ0v) is 9.22. The van der Waals surface area contributed by atoms with Crippen molar-refractivity contribution in [3.8, 4) is 0 Å². The maximum absolute atomic E-state index is 3.48. The summed E-state index contributed by atoms with van der Waals surface area (Å²) < 4.78 is 0. The molecule has 2 aliphatic rings. The van der Waals surface area contributed by atoms with E-state index in [9.17, 15) is 0 Å². The SMILES string of the molecule is BrCCCCN1CC2CCC1C2. The van der Waals surface area contributed by atoms with Crippen LogP contribution in [0.15, 0.2) is 0 Å². The summed E-state index contributed by atoms with van der Waals surface area (Å²) in [5.41, 5.74) is 0. The fourth-order valence-electron chi connectivity index (χ4n) is 2.71. The maximum Gasteiger partial charge on any atom is 0.00985 e. The Labute approximate surface area is 83.6 Å². The van der Waals surface area contributed by atoms with Crippen molar-refractivity contribution in [3.05, 3.63) is 0 Å². The van der Waals surface area contributed by atoms with Crippen LogP contribution in [0.3, 0.4) is 0 Å². The normalized spacial score (nSPS) is 34.8. The molecule has 1 saturated carbocycles. The Balaban J connectivity index is 1.69. The lowest BCUT2D eigenvalue weighted by molar-refractivity contribution is 0.211. The van der Waals surface area contributed by atoms with Gasteiger partial charge in [-0.05, 0) is 44.6 Å². The zero-order valence-electron chi connectivity index (χ0n) is 7.64. The lowest BCUT2D eigenvalue weighted by Crippen LogP contribution is -2.32. The molecule has 2 atom stereocenters. The van der Waals surface area contributed by atoms with Crippen molar-refractivity contribution in [3.63, 3.8) is 0 Å². The quantitative estimate of drug-likeness (QED) is 0.532. The molecular formula is C10H18BrN. The van der Waals surface area contributed by atoms with Crippen molar-refractivity contribution in [1.82, 2.24) is 4.90 Å². The molecule has 2 fully saturated rings. The van der Waals surface area contributed by atoms with Crippen LogP contribution in [0.1, 0.15) is 32.1 Å². The first-order chi connectivity index (χ1) is 5.90. The summed E-state index contributed by atoms with van der Waals surface area (Å²) in [6.45, 7) is 2.76. The molecule has 2 heteroatoms. The number of hydrogen-bond acceptors (Lipinski definition) is 1. The van der Waals surface area contributed by atoms with Gasteiger partial charge < -0.3 is 4.90 Å². The Morgan fingerprint density at radius 2 is 2.17 bits per heavy atom. The van der Waals surface area contributed by atoms with E-state index in [0.717, 1.165) is 12.0 Å². The second kappa shape index (κ2) is 4.10. The van der Waals surface area contributed by atoms with Gasteiger partial charge in [-0.3, -0.25) is 0 Å². The van der Waals surface area contributed by atoms with Crippen molar-refractivity contribution in [2.75, 3.05) is 18.4 Å². The van der Waals surface area contributed by atoms with Crippen molar-refractivity contribution in [2.45, 2.75) is 38.1 Å². The van der Waals surface area contributed by atoms with Gasteiger partial charge in [0.05, 0.1) is 0 Å². The molecule has 0 aromatic rings. The van der Waals surface area contributed by atoms with Gasteiger partial charge >= 0.3 is 0 Å². The third kappa shape index (κ3) is 1.85. The van der Waals surface area contributed by atoms with Gasteiger partial charge in [0.2, 0.25) is 0 Å². The van der Waals surface area contributed by atoms with Crippen molar-refractivity contribution >= 4 is 15.9 Å². The minimum atomic E-state index is 0.977. The van der Waals surface area contributed by atoms with Gasteiger partial charge in [0.15, 0.2) is 0 Å². The maximum atomic E-state index is 3.48. The average molecular weight is 232 g/mol. The highest BCUT2D eigenvalue weighted by molar-refractivity contribution is 9.09. The topological polar surface area (TPSA) is 3.24 Å². The van der Waals surface area contributed by atoms with E-state index in [2.05, 4.69) is 20.8 Å². The highest BCUT2D eigenvalue weighted by Crippen LogP contribution is 2.37. The van der Waals surface area contributed by atoms with Crippen molar-refractivity contribution in [2.24, 2.45) is 5.92 Å². The summed E-state index contributed by atoms with van der Waals surface area (Å²) in [6.07, 6.45) is 7.23. The second-order valence-electron chi connectivity index (χ2n) is 4.22.